The minimum Gasteiger partial charge on any atom is -0.480 e. The molecule has 2 atom stereocenters. The summed E-state index contributed by atoms with van der Waals surface area (Å²) in [6.07, 6.45) is 2.54. The summed E-state index contributed by atoms with van der Waals surface area (Å²) < 4.78 is 0. The molecule has 0 radical (unpaired) electrons. The van der Waals surface area contributed by atoms with Crippen molar-refractivity contribution >= 4 is 11.7 Å². The second-order valence-electron chi connectivity index (χ2n) is 6.99. The largest absolute Gasteiger partial charge is 0.480 e. The molecule has 0 aromatic heterocycles. The maximum absolute atomic E-state index is 11.8. The Labute approximate surface area is 128 Å². The lowest BCUT2D eigenvalue weighted by atomic mass is 9.78. The Bertz CT molecular complexity index is 536. The molecule has 0 aliphatic carbocycles. The fourth-order valence-corrected chi connectivity index (χ4v) is 3.80. The van der Waals surface area contributed by atoms with Crippen molar-refractivity contribution in [3.05, 3.63) is 29.3 Å². The van der Waals surface area contributed by atoms with Gasteiger partial charge in [-0.2, -0.15) is 0 Å². The van der Waals surface area contributed by atoms with E-state index in [0.29, 0.717) is 12.3 Å². The number of hydrogen-bond acceptors (Lipinski definition) is 2. The first-order valence-corrected chi connectivity index (χ1v) is 7.90. The molecule has 0 fully saturated rings. The molecular formula is C18H27NO2. The zero-order valence-corrected chi connectivity index (χ0v) is 13.8. The van der Waals surface area contributed by atoms with Crippen molar-refractivity contribution < 1.29 is 9.90 Å². The Morgan fingerprint density at radius 1 is 1.48 bits per heavy atom. The molecule has 0 spiro atoms. The van der Waals surface area contributed by atoms with E-state index in [4.69, 9.17) is 0 Å². The molecule has 1 aliphatic rings. The predicted molar refractivity (Wildman–Crippen MR) is 87.1 cm³/mol. The lowest BCUT2D eigenvalue weighted by Crippen LogP contribution is -2.56. The van der Waals surface area contributed by atoms with Crippen LogP contribution in [0.15, 0.2) is 18.2 Å². The van der Waals surface area contributed by atoms with Gasteiger partial charge in [-0.1, -0.05) is 38.0 Å². The minimum absolute atomic E-state index is 0.139. The zero-order chi connectivity index (χ0) is 15.8. The number of aryl methyl sites for hydroxylation is 1. The quantitative estimate of drug-likeness (QED) is 0.896. The summed E-state index contributed by atoms with van der Waals surface area (Å²) in [5.74, 6) is -0.256. The number of carbonyl (C=O) groups is 1. The van der Waals surface area contributed by atoms with E-state index in [0.717, 1.165) is 18.5 Å². The van der Waals surface area contributed by atoms with Crippen LogP contribution in [0.2, 0.25) is 0 Å². The van der Waals surface area contributed by atoms with E-state index in [2.05, 4.69) is 50.8 Å². The molecule has 21 heavy (non-hydrogen) atoms. The van der Waals surface area contributed by atoms with Gasteiger partial charge in [0.2, 0.25) is 0 Å². The molecule has 1 aromatic carbocycles. The molecule has 0 amide bonds. The van der Waals surface area contributed by atoms with Gasteiger partial charge in [-0.25, -0.2) is 4.79 Å². The molecule has 0 saturated heterocycles. The summed E-state index contributed by atoms with van der Waals surface area (Å²) in [5, 5.41) is 9.69. The summed E-state index contributed by atoms with van der Waals surface area (Å²) >= 11 is 0. The monoisotopic (exact) mass is 289 g/mol. The van der Waals surface area contributed by atoms with Gasteiger partial charge in [0.05, 0.1) is 0 Å². The summed E-state index contributed by atoms with van der Waals surface area (Å²) in [7, 11) is 0. The number of fused-ring (bicyclic) bond motifs is 1. The molecule has 1 heterocycles. The molecule has 2 rings (SSSR count). The normalized spacial score (nSPS) is 21.8. The van der Waals surface area contributed by atoms with Crippen LogP contribution in [0.1, 0.15) is 64.0 Å². The van der Waals surface area contributed by atoms with Gasteiger partial charge < -0.3 is 10.0 Å². The predicted octanol–water partition coefficient (Wildman–Crippen LogP) is 4.34. The number of anilines is 1. The second kappa shape index (κ2) is 5.70. The van der Waals surface area contributed by atoms with Gasteiger partial charge in [0.1, 0.15) is 6.04 Å². The minimum atomic E-state index is -0.717. The smallest absolute Gasteiger partial charge is 0.326 e. The van der Waals surface area contributed by atoms with Crippen molar-refractivity contribution in [1.82, 2.24) is 0 Å². The van der Waals surface area contributed by atoms with Crippen LogP contribution in [0.3, 0.4) is 0 Å². The first kappa shape index (κ1) is 15.9. The maximum Gasteiger partial charge on any atom is 0.326 e. The van der Waals surface area contributed by atoms with E-state index in [9.17, 15) is 9.90 Å². The summed E-state index contributed by atoms with van der Waals surface area (Å²) in [6, 6.07) is 5.96. The first-order valence-electron chi connectivity index (χ1n) is 7.90. The van der Waals surface area contributed by atoms with Crippen LogP contribution in [-0.2, 0) is 4.79 Å². The molecular weight excluding hydrogens is 262 g/mol. The Kier molecular flexibility index (Phi) is 4.31. The maximum atomic E-state index is 11.8. The summed E-state index contributed by atoms with van der Waals surface area (Å²) in [6.45, 7) is 10.7. The van der Waals surface area contributed by atoms with E-state index >= 15 is 0 Å². The van der Waals surface area contributed by atoms with Gasteiger partial charge in [0.15, 0.2) is 0 Å². The van der Waals surface area contributed by atoms with Crippen molar-refractivity contribution in [3.63, 3.8) is 0 Å². The lowest BCUT2D eigenvalue weighted by Gasteiger charge is -2.50. The van der Waals surface area contributed by atoms with Crippen molar-refractivity contribution in [3.8, 4) is 0 Å². The third kappa shape index (κ3) is 2.92. The standard InChI is InChI=1S/C18H27NO2/c1-6-7-16(17(20)21)19-15-9-8-12(2)10-14(15)13(3)11-18(19,4)5/h8-10,13,16H,6-7,11H2,1-5H3,(H,20,21)/t13-,16+/m0/s1. The highest BCUT2D eigenvalue weighted by atomic mass is 16.4. The molecule has 3 nitrogen and oxygen atoms in total. The molecule has 0 unspecified atom stereocenters. The van der Waals surface area contributed by atoms with Crippen LogP contribution in [0, 0.1) is 6.92 Å². The fourth-order valence-electron chi connectivity index (χ4n) is 3.80. The number of hydrogen-bond donors (Lipinski definition) is 1. The molecule has 0 saturated carbocycles. The molecule has 1 aliphatic heterocycles. The number of carboxylic acid groups (broad SMARTS) is 1. The molecule has 3 heteroatoms. The number of rotatable bonds is 4. The van der Waals surface area contributed by atoms with Gasteiger partial charge in [-0.15, -0.1) is 0 Å². The average Bonchev–Trinajstić information content (AvgIpc) is 2.37. The Morgan fingerprint density at radius 2 is 2.14 bits per heavy atom. The number of benzene rings is 1. The number of aliphatic carboxylic acids is 1. The average molecular weight is 289 g/mol. The van der Waals surface area contributed by atoms with Gasteiger partial charge in [0, 0.05) is 11.2 Å². The van der Waals surface area contributed by atoms with E-state index in [1.807, 2.05) is 6.92 Å². The van der Waals surface area contributed by atoms with Crippen LogP contribution in [0.4, 0.5) is 5.69 Å². The SMILES string of the molecule is CCC[C@H](C(=O)O)N1c2ccc(C)cc2[C@@H](C)CC1(C)C. The van der Waals surface area contributed by atoms with Crippen LogP contribution >= 0.6 is 0 Å². The van der Waals surface area contributed by atoms with E-state index < -0.39 is 12.0 Å². The fraction of sp³-hybridized carbons (Fsp3) is 0.611. The van der Waals surface area contributed by atoms with Crippen molar-refractivity contribution in [1.29, 1.82) is 0 Å². The Balaban J connectivity index is 2.56. The second-order valence-corrected chi connectivity index (χ2v) is 6.99. The number of nitrogens with zero attached hydrogens (tertiary/aromatic N) is 1. The highest BCUT2D eigenvalue weighted by molar-refractivity contribution is 5.80. The highest BCUT2D eigenvalue weighted by Gasteiger charge is 2.42. The molecule has 1 N–H and O–H groups in total. The third-order valence-corrected chi connectivity index (χ3v) is 4.59. The Morgan fingerprint density at radius 3 is 2.71 bits per heavy atom. The van der Waals surface area contributed by atoms with Crippen LogP contribution in [0.25, 0.3) is 0 Å². The van der Waals surface area contributed by atoms with Gasteiger partial charge in [0.25, 0.3) is 0 Å². The van der Waals surface area contributed by atoms with Crippen molar-refractivity contribution in [2.24, 2.45) is 0 Å². The molecule has 0 bridgehead atoms. The van der Waals surface area contributed by atoms with Crippen LogP contribution < -0.4 is 4.90 Å². The van der Waals surface area contributed by atoms with Crippen molar-refractivity contribution in [2.75, 3.05) is 4.90 Å². The Hall–Kier alpha value is -1.51. The molecule has 1 aromatic rings. The highest BCUT2D eigenvalue weighted by Crippen LogP contribution is 2.45. The van der Waals surface area contributed by atoms with Crippen molar-refractivity contribution in [2.45, 2.75) is 71.4 Å². The number of carboxylic acids is 1. The zero-order valence-electron chi connectivity index (χ0n) is 13.8. The van der Waals surface area contributed by atoms with E-state index in [1.165, 1.54) is 11.1 Å². The van der Waals surface area contributed by atoms with Crippen LogP contribution in [-0.4, -0.2) is 22.7 Å². The lowest BCUT2D eigenvalue weighted by molar-refractivity contribution is -0.139. The van der Waals surface area contributed by atoms with Gasteiger partial charge in [-0.3, -0.25) is 0 Å². The van der Waals surface area contributed by atoms with Gasteiger partial charge >= 0.3 is 5.97 Å². The third-order valence-electron chi connectivity index (χ3n) is 4.59. The van der Waals surface area contributed by atoms with E-state index in [1.54, 1.807) is 0 Å². The van der Waals surface area contributed by atoms with E-state index in [-0.39, 0.29) is 5.54 Å². The summed E-state index contributed by atoms with van der Waals surface area (Å²) in [5.41, 5.74) is 3.49. The summed E-state index contributed by atoms with van der Waals surface area (Å²) in [4.78, 5) is 13.9. The van der Waals surface area contributed by atoms with Gasteiger partial charge in [-0.05, 0) is 51.2 Å². The van der Waals surface area contributed by atoms with Crippen LogP contribution in [0.5, 0.6) is 0 Å². The first-order chi connectivity index (χ1) is 9.77. The topological polar surface area (TPSA) is 40.5 Å². The molecule has 116 valence electrons.